The van der Waals surface area contributed by atoms with Crippen molar-refractivity contribution in [1.82, 2.24) is 9.88 Å². The number of fused-ring (bicyclic) bond motifs is 1. The Bertz CT molecular complexity index is 476. The van der Waals surface area contributed by atoms with Crippen molar-refractivity contribution in [3.8, 4) is 0 Å². The van der Waals surface area contributed by atoms with Gasteiger partial charge in [-0.05, 0) is 26.1 Å². The summed E-state index contributed by atoms with van der Waals surface area (Å²) in [4.78, 5) is 0. The highest BCUT2D eigenvalue weighted by Gasteiger charge is 2.13. The highest BCUT2D eigenvalue weighted by atomic mass is 16.3. The Balaban J connectivity index is 2.37. The molecule has 0 radical (unpaired) electrons. The first-order valence-electron chi connectivity index (χ1n) is 5.60. The largest absolute Gasteiger partial charge is 0.388 e. The van der Waals surface area contributed by atoms with Crippen LogP contribution >= 0.6 is 0 Å². The zero-order chi connectivity index (χ0) is 11.5. The first-order valence-corrected chi connectivity index (χ1v) is 5.60. The maximum Gasteiger partial charge on any atom is 0.0822 e. The van der Waals surface area contributed by atoms with E-state index in [4.69, 9.17) is 0 Å². The second kappa shape index (κ2) is 4.68. The van der Waals surface area contributed by atoms with Gasteiger partial charge in [0.1, 0.15) is 0 Å². The fraction of sp³-hybridized carbons (Fsp3) is 0.385. The van der Waals surface area contributed by atoms with Crippen LogP contribution in [0.4, 0.5) is 0 Å². The van der Waals surface area contributed by atoms with Crippen LogP contribution in [0.3, 0.4) is 0 Å². The highest BCUT2D eigenvalue weighted by Crippen LogP contribution is 2.27. The standard InChI is InChI=1S/C13H18N2O/c1-14-8-7-13(16)11-9-15(2)12-6-4-3-5-10(11)12/h3-6,9,13-14,16H,7-8H2,1-2H3. The van der Waals surface area contributed by atoms with Crippen molar-refractivity contribution < 1.29 is 5.11 Å². The number of nitrogens with one attached hydrogen (secondary N) is 1. The van der Waals surface area contributed by atoms with Crippen molar-refractivity contribution in [2.24, 2.45) is 7.05 Å². The third-order valence-corrected chi connectivity index (χ3v) is 2.95. The minimum absolute atomic E-state index is 0.390. The Kier molecular flexibility index (Phi) is 3.27. The van der Waals surface area contributed by atoms with Gasteiger partial charge < -0.3 is 15.0 Å². The summed E-state index contributed by atoms with van der Waals surface area (Å²) in [7, 11) is 3.91. The van der Waals surface area contributed by atoms with Gasteiger partial charge in [0.25, 0.3) is 0 Å². The normalized spacial score (nSPS) is 13.2. The predicted octanol–water partition coefficient (Wildman–Crippen LogP) is 1.82. The molecule has 1 aromatic carbocycles. The summed E-state index contributed by atoms with van der Waals surface area (Å²) in [5, 5.41) is 14.3. The lowest BCUT2D eigenvalue weighted by atomic mass is 10.1. The van der Waals surface area contributed by atoms with Gasteiger partial charge in [-0.1, -0.05) is 18.2 Å². The fourth-order valence-electron chi connectivity index (χ4n) is 2.08. The first kappa shape index (κ1) is 11.2. The summed E-state index contributed by atoms with van der Waals surface area (Å²) in [5.74, 6) is 0. The maximum absolute atomic E-state index is 10.1. The lowest BCUT2D eigenvalue weighted by Crippen LogP contribution is -2.11. The molecule has 2 rings (SSSR count). The van der Waals surface area contributed by atoms with E-state index in [1.807, 2.05) is 32.4 Å². The fourth-order valence-corrected chi connectivity index (χ4v) is 2.08. The van der Waals surface area contributed by atoms with Crippen molar-refractivity contribution in [3.05, 3.63) is 36.0 Å². The number of rotatable bonds is 4. The van der Waals surface area contributed by atoms with Crippen molar-refractivity contribution in [2.75, 3.05) is 13.6 Å². The van der Waals surface area contributed by atoms with E-state index in [1.54, 1.807) is 0 Å². The molecule has 0 saturated heterocycles. The number of para-hydroxylation sites is 1. The molecule has 16 heavy (non-hydrogen) atoms. The Morgan fingerprint density at radius 1 is 1.38 bits per heavy atom. The number of aryl methyl sites for hydroxylation is 1. The van der Waals surface area contributed by atoms with Gasteiger partial charge >= 0.3 is 0 Å². The van der Waals surface area contributed by atoms with E-state index in [9.17, 15) is 5.11 Å². The Hall–Kier alpha value is -1.32. The SMILES string of the molecule is CNCCC(O)c1cn(C)c2ccccc12. The van der Waals surface area contributed by atoms with Gasteiger partial charge in [0.15, 0.2) is 0 Å². The zero-order valence-electron chi connectivity index (χ0n) is 9.77. The van der Waals surface area contributed by atoms with Crippen LogP contribution in [0.5, 0.6) is 0 Å². The van der Waals surface area contributed by atoms with Crippen LogP contribution in [0, 0.1) is 0 Å². The first-order chi connectivity index (χ1) is 7.74. The average molecular weight is 218 g/mol. The molecule has 0 spiro atoms. The molecule has 3 heteroatoms. The monoisotopic (exact) mass is 218 g/mol. The third kappa shape index (κ3) is 1.96. The highest BCUT2D eigenvalue weighted by molar-refractivity contribution is 5.84. The predicted molar refractivity (Wildman–Crippen MR) is 66.4 cm³/mol. The summed E-state index contributed by atoms with van der Waals surface area (Å²) in [6, 6.07) is 8.17. The van der Waals surface area contributed by atoms with Gasteiger partial charge in [-0.3, -0.25) is 0 Å². The molecular weight excluding hydrogens is 200 g/mol. The molecule has 1 heterocycles. The van der Waals surface area contributed by atoms with E-state index < -0.39 is 6.10 Å². The third-order valence-electron chi connectivity index (χ3n) is 2.95. The molecule has 3 nitrogen and oxygen atoms in total. The van der Waals surface area contributed by atoms with Crippen molar-refractivity contribution in [2.45, 2.75) is 12.5 Å². The molecule has 0 saturated carbocycles. The summed E-state index contributed by atoms with van der Waals surface area (Å²) in [6.07, 6.45) is 2.37. The van der Waals surface area contributed by atoms with Gasteiger partial charge in [-0.15, -0.1) is 0 Å². The Morgan fingerprint density at radius 2 is 2.12 bits per heavy atom. The summed E-state index contributed by atoms with van der Waals surface area (Å²) >= 11 is 0. The van der Waals surface area contributed by atoms with Crippen LogP contribution in [0.15, 0.2) is 30.5 Å². The van der Waals surface area contributed by atoms with Crippen LogP contribution < -0.4 is 5.32 Å². The molecule has 0 amide bonds. The smallest absolute Gasteiger partial charge is 0.0822 e. The quantitative estimate of drug-likeness (QED) is 0.821. The molecule has 0 aliphatic rings. The van der Waals surface area contributed by atoms with Gasteiger partial charge in [-0.2, -0.15) is 0 Å². The van der Waals surface area contributed by atoms with Crippen molar-refractivity contribution >= 4 is 10.9 Å². The minimum atomic E-state index is -0.390. The second-order valence-corrected chi connectivity index (χ2v) is 4.12. The van der Waals surface area contributed by atoms with Gasteiger partial charge in [-0.25, -0.2) is 0 Å². The van der Waals surface area contributed by atoms with E-state index in [2.05, 4.69) is 22.0 Å². The lowest BCUT2D eigenvalue weighted by molar-refractivity contribution is 0.169. The number of hydrogen-bond acceptors (Lipinski definition) is 2. The van der Waals surface area contributed by atoms with Gasteiger partial charge in [0, 0.05) is 29.7 Å². The molecule has 0 bridgehead atoms. The van der Waals surface area contributed by atoms with Crippen LogP contribution in [-0.2, 0) is 7.05 Å². The molecule has 0 aliphatic heterocycles. The number of aliphatic hydroxyl groups excluding tert-OH is 1. The van der Waals surface area contributed by atoms with Gasteiger partial charge in [0.05, 0.1) is 6.10 Å². The summed E-state index contributed by atoms with van der Waals surface area (Å²) in [5.41, 5.74) is 2.19. The molecule has 0 fully saturated rings. The zero-order valence-corrected chi connectivity index (χ0v) is 9.77. The number of aromatic nitrogens is 1. The van der Waals surface area contributed by atoms with E-state index >= 15 is 0 Å². The van der Waals surface area contributed by atoms with Crippen LogP contribution in [0.25, 0.3) is 10.9 Å². The summed E-state index contributed by atoms with van der Waals surface area (Å²) in [6.45, 7) is 0.824. The van der Waals surface area contributed by atoms with Crippen LogP contribution in [-0.4, -0.2) is 23.3 Å². The number of benzene rings is 1. The Morgan fingerprint density at radius 3 is 2.88 bits per heavy atom. The molecule has 1 atom stereocenters. The Labute approximate surface area is 95.7 Å². The van der Waals surface area contributed by atoms with Crippen LogP contribution in [0.1, 0.15) is 18.1 Å². The molecule has 2 N–H and O–H groups in total. The van der Waals surface area contributed by atoms with Crippen molar-refractivity contribution in [3.63, 3.8) is 0 Å². The van der Waals surface area contributed by atoms with Crippen molar-refractivity contribution in [1.29, 1.82) is 0 Å². The lowest BCUT2D eigenvalue weighted by Gasteiger charge is -2.08. The number of nitrogens with zero attached hydrogens (tertiary/aromatic N) is 1. The second-order valence-electron chi connectivity index (χ2n) is 4.12. The van der Waals surface area contributed by atoms with E-state index in [0.29, 0.717) is 0 Å². The number of hydrogen-bond donors (Lipinski definition) is 2. The topological polar surface area (TPSA) is 37.2 Å². The molecular formula is C13H18N2O. The molecule has 0 aliphatic carbocycles. The molecule has 86 valence electrons. The van der Waals surface area contributed by atoms with E-state index in [-0.39, 0.29) is 0 Å². The molecule has 1 unspecified atom stereocenters. The minimum Gasteiger partial charge on any atom is -0.388 e. The van der Waals surface area contributed by atoms with E-state index in [1.165, 1.54) is 5.52 Å². The average Bonchev–Trinajstić information content (AvgIpc) is 2.65. The number of aliphatic hydroxyl groups is 1. The molecule has 2 aromatic rings. The van der Waals surface area contributed by atoms with Gasteiger partial charge in [0.2, 0.25) is 0 Å². The molecule has 1 aromatic heterocycles. The van der Waals surface area contributed by atoms with Crippen LogP contribution in [0.2, 0.25) is 0 Å². The summed E-state index contributed by atoms with van der Waals surface area (Å²) < 4.78 is 2.06. The maximum atomic E-state index is 10.1. The van der Waals surface area contributed by atoms with E-state index in [0.717, 1.165) is 23.9 Å².